The molecule has 0 aromatic heterocycles. The lowest BCUT2D eigenvalue weighted by molar-refractivity contribution is -0.120. The highest BCUT2D eigenvalue weighted by Gasteiger charge is 2.19. The van der Waals surface area contributed by atoms with Gasteiger partial charge in [-0.15, -0.1) is 0 Å². The van der Waals surface area contributed by atoms with Gasteiger partial charge in [-0.2, -0.15) is 0 Å². The second-order valence-electron chi connectivity index (χ2n) is 8.40. The smallest absolute Gasteiger partial charge is 0.292 e. The zero-order chi connectivity index (χ0) is 23.6. The Morgan fingerprint density at radius 1 is 0.781 bits per heavy atom. The molecule has 182 valence electrons. The Morgan fingerprint density at radius 3 is 1.72 bits per heavy atom. The van der Waals surface area contributed by atoms with E-state index in [1.165, 1.54) is 83.1 Å². The molecule has 5 nitrogen and oxygen atoms in total. The van der Waals surface area contributed by atoms with E-state index in [0.29, 0.717) is 9.99 Å². The Kier molecular flexibility index (Phi) is 17.3. The van der Waals surface area contributed by atoms with E-state index in [-0.39, 0.29) is 15.0 Å². The maximum absolute atomic E-state index is 12.3. The number of imide groups is 1. The molecule has 1 aromatic carbocycles. The molecule has 0 aliphatic carbocycles. The molecular formula is C25H39I2NO4. The van der Waals surface area contributed by atoms with Crippen molar-refractivity contribution in [1.82, 2.24) is 5.32 Å². The molecule has 0 fully saturated rings. The molecule has 0 spiro atoms. The van der Waals surface area contributed by atoms with Crippen LogP contribution in [0, 0.1) is 7.14 Å². The van der Waals surface area contributed by atoms with E-state index in [1.54, 1.807) is 12.1 Å². The molecule has 0 atom stereocenters. The molecule has 2 amide bonds. The van der Waals surface area contributed by atoms with Gasteiger partial charge < -0.3 is 0 Å². The molecule has 7 heteroatoms. The van der Waals surface area contributed by atoms with Crippen molar-refractivity contribution in [3.05, 3.63) is 30.9 Å². The van der Waals surface area contributed by atoms with E-state index in [9.17, 15) is 15.7 Å². The maximum atomic E-state index is 12.3. The summed E-state index contributed by atoms with van der Waals surface area (Å²) in [5.74, 6) is -0.967. The Hall–Kier alpha value is -0.580. The predicted octanol–water partition coefficient (Wildman–Crippen LogP) is 8.18. The van der Waals surface area contributed by atoms with Crippen LogP contribution in [0.1, 0.15) is 120 Å². The zero-order valence-electron chi connectivity index (χ0n) is 19.4. The van der Waals surface area contributed by atoms with Crippen molar-refractivity contribution in [3.63, 3.8) is 0 Å². The summed E-state index contributed by atoms with van der Waals surface area (Å²) >= 11 is -1.93. The average Bonchev–Trinajstić information content (AvgIpc) is 2.75. The number of carbonyl (C=O) groups is 2. The molecule has 0 aliphatic rings. The van der Waals surface area contributed by atoms with Crippen LogP contribution < -0.4 is 5.32 Å². The van der Waals surface area contributed by atoms with E-state index in [2.05, 4.69) is 12.2 Å². The fourth-order valence-corrected chi connectivity index (χ4v) is 6.86. The van der Waals surface area contributed by atoms with E-state index in [4.69, 9.17) is 0 Å². The normalized spacial score (nSPS) is 11.1. The van der Waals surface area contributed by atoms with Gasteiger partial charge >= 0.3 is 19.8 Å². The fourth-order valence-electron chi connectivity index (χ4n) is 3.75. The standard InChI is InChI=1S/C25H39I2NO4/c1-2-3-4-5-6-7-8-9-10-11-12-13-14-15-16-20-23(29)28-25(30)21-18-17-19-22(26)24(21)27(31)32/h17-19H,2-16,20H2,1H3,(H,28,29,30). The van der Waals surface area contributed by atoms with Crippen molar-refractivity contribution >= 4 is 54.2 Å². The van der Waals surface area contributed by atoms with Crippen molar-refractivity contribution in [2.75, 3.05) is 0 Å². The Bertz CT molecular complexity index is 754. The van der Waals surface area contributed by atoms with Gasteiger partial charge in [-0.3, -0.25) is 14.9 Å². The second-order valence-corrected chi connectivity index (χ2v) is 11.9. The lowest BCUT2D eigenvalue weighted by Gasteiger charge is -2.07. The minimum atomic E-state index is -3.82. The summed E-state index contributed by atoms with van der Waals surface area (Å²) in [6.07, 6.45) is 19.2. The second kappa shape index (κ2) is 18.8. The van der Waals surface area contributed by atoms with Gasteiger partial charge in [-0.25, -0.2) is 6.14 Å². The summed E-state index contributed by atoms with van der Waals surface area (Å²) in [5.41, 5.74) is 0.0666. The molecule has 0 bridgehead atoms. The Balaban J connectivity index is 2.05. The van der Waals surface area contributed by atoms with E-state index >= 15 is 0 Å². The third-order valence-corrected chi connectivity index (χ3v) is 9.58. The number of halogens is 2. The number of amides is 2. The topological polar surface area (TPSA) is 80.3 Å². The van der Waals surface area contributed by atoms with Crippen molar-refractivity contribution in [1.29, 1.82) is 0 Å². The highest BCUT2D eigenvalue weighted by Crippen LogP contribution is 2.27. The van der Waals surface area contributed by atoms with Gasteiger partial charge in [-0.1, -0.05) is 103 Å². The third-order valence-electron chi connectivity index (χ3n) is 5.61. The lowest BCUT2D eigenvalue weighted by Crippen LogP contribution is -2.31. The molecule has 0 aliphatic heterocycles. The number of benzene rings is 1. The highest BCUT2D eigenvalue weighted by molar-refractivity contribution is 14.2. The number of nitrogens with one attached hydrogen (secondary N) is 1. The first-order valence-electron chi connectivity index (χ1n) is 12.1. The number of unbranched alkanes of at least 4 members (excludes halogenated alkanes) is 14. The zero-order valence-corrected chi connectivity index (χ0v) is 23.7. The molecule has 32 heavy (non-hydrogen) atoms. The fraction of sp³-hybridized carbons (Fsp3) is 0.680. The van der Waals surface area contributed by atoms with Gasteiger partial charge in [0.2, 0.25) is 5.91 Å². The maximum Gasteiger partial charge on any atom is 0.342 e. The number of hydrogen-bond acceptors (Lipinski definition) is 4. The predicted molar refractivity (Wildman–Crippen MR) is 145 cm³/mol. The summed E-state index contributed by atoms with van der Waals surface area (Å²) in [4.78, 5) is 24.4. The van der Waals surface area contributed by atoms with Crippen LogP contribution in [0.25, 0.3) is 0 Å². The third kappa shape index (κ3) is 13.2. The van der Waals surface area contributed by atoms with Gasteiger partial charge in [0, 0.05) is 9.99 Å². The summed E-state index contributed by atoms with van der Waals surface area (Å²) in [6.45, 7) is 2.26. The van der Waals surface area contributed by atoms with Crippen LogP contribution in [0.3, 0.4) is 0 Å². The number of rotatable bonds is 18. The van der Waals surface area contributed by atoms with Crippen LogP contribution in [-0.4, -0.2) is 11.8 Å². The van der Waals surface area contributed by atoms with Crippen LogP contribution in [0.5, 0.6) is 0 Å². The Morgan fingerprint density at radius 2 is 1.25 bits per heavy atom. The molecule has 0 saturated carbocycles. The van der Waals surface area contributed by atoms with Gasteiger partial charge in [0.25, 0.3) is 5.91 Å². The summed E-state index contributed by atoms with van der Waals surface area (Å²) in [7, 11) is 0. The van der Waals surface area contributed by atoms with Crippen molar-refractivity contribution in [3.8, 4) is 0 Å². The van der Waals surface area contributed by atoms with Gasteiger partial charge in [-0.05, 0) is 41.1 Å². The summed E-state index contributed by atoms with van der Waals surface area (Å²) < 4.78 is 23.6. The van der Waals surface area contributed by atoms with Gasteiger partial charge in [0.1, 0.15) is 3.57 Å². The first kappa shape index (κ1) is 29.5. The van der Waals surface area contributed by atoms with Crippen LogP contribution in [0.2, 0.25) is 0 Å². The Labute approximate surface area is 214 Å². The first-order valence-corrected chi connectivity index (χ1v) is 16.1. The lowest BCUT2D eigenvalue weighted by atomic mass is 10.0. The minimum Gasteiger partial charge on any atom is -0.292 e. The number of hydrogen-bond donors (Lipinski definition) is 1. The molecule has 0 radical (unpaired) electrons. The summed E-state index contributed by atoms with van der Waals surface area (Å²) in [5, 5.41) is 2.33. The van der Waals surface area contributed by atoms with Crippen molar-refractivity contribution < 1.29 is 15.7 Å². The highest BCUT2D eigenvalue weighted by atomic mass is 127. The largest absolute Gasteiger partial charge is 0.342 e. The monoisotopic (exact) mass is 671 g/mol. The number of carbonyl (C=O) groups excluding carboxylic acids is 2. The molecule has 1 aromatic rings. The molecule has 1 N–H and O–H groups in total. The van der Waals surface area contributed by atoms with Gasteiger partial charge in [0.05, 0.1) is 5.56 Å². The van der Waals surface area contributed by atoms with E-state index < -0.39 is 25.7 Å². The van der Waals surface area contributed by atoms with Crippen LogP contribution in [0.15, 0.2) is 18.2 Å². The van der Waals surface area contributed by atoms with E-state index in [0.717, 1.165) is 19.3 Å². The van der Waals surface area contributed by atoms with Crippen LogP contribution in [0.4, 0.5) is 0 Å². The molecule has 0 unspecified atom stereocenters. The average molecular weight is 671 g/mol. The SMILES string of the molecule is CCCCCCCCCCCCCCCCCC(=O)NC(=O)c1cccc(I)c1I(=O)=O. The summed E-state index contributed by atoms with van der Waals surface area (Å²) in [6, 6.07) is 4.72. The minimum absolute atomic E-state index is 0.0644. The van der Waals surface area contributed by atoms with Crippen LogP contribution in [-0.2, 0) is 10.9 Å². The first-order chi connectivity index (χ1) is 15.5. The molecule has 0 saturated heterocycles. The molecule has 1 rings (SSSR count). The van der Waals surface area contributed by atoms with Gasteiger partial charge in [0.15, 0.2) is 0 Å². The molecular weight excluding hydrogens is 632 g/mol. The van der Waals surface area contributed by atoms with Crippen molar-refractivity contribution in [2.45, 2.75) is 110 Å². The molecule has 0 heterocycles. The van der Waals surface area contributed by atoms with Crippen LogP contribution >= 0.6 is 42.4 Å². The quantitative estimate of drug-likeness (QED) is 0.126. The van der Waals surface area contributed by atoms with E-state index in [1.807, 2.05) is 22.6 Å². The van der Waals surface area contributed by atoms with Crippen molar-refractivity contribution in [2.24, 2.45) is 0 Å².